The molecule has 2 aliphatic rings. The third-order valence-electron chi connectivity index (χ3n) is 4.41. The summed E-state index contributed by atoms with van der Waals surface area (Å²) < 4.78 is 5.20. The molecule has 0 radical (unpaired) electrons. The van der Waals surface area contributed by atoms with Crippen molar-refractivity contribution in [3.63, 3.8) is 0 Å². The van der Waals surface area contributed by atoms with E-state index >= 15 is 0 Å². The molecule has 0 spiro atoms. The maximum atomic E-state index is 12.0. The van der Waals surface area contributed by atoms with Crippen molar-refractivity contribution in [1.29, 1.82) is 0 Å². The van der Waals surface area contributed by atoms with Crippen LogP contribution in [0.4, 0.5) is 0 Å². The van der Waals surface area contributed by atoms with E-state index in [1.54, 1.807) is 0 Å². The maximum Gasteiger partial charge on any atom is 0.311 e. The molecule has 1 saturated carbocycles. The molecule has 1 amide bonds. The molecule has 19 heavy (non-hydrogen) atoms. The first-order chi connectivity index (χ1) is 9.05. The number of carbonyl (C=O) groups is 2. The molecule has 2 atom stereocenters. The molecule has 0 aromatic rings. The van der Waals surface area contributed by atoms with Crippen LogP contribution in [0.5, 0.6) is 0 Å². The molecule has 1 heterocycles. The Morgan fingerprint density at radius 3 is 2.53 bits per heavy atom. The highest BCUT2D eigenvalue weighted by Crippen LogP contribution is 2.31. The second kappa shape index (κ2) is 5.88. The number of ether oxygens (including phenoxy) is 1. The van der Waals surface area contributed by atoms with E-state index in [4.69, 9.17) is 10.5 Å². The molecular formula is C13H22N2O4. The number of nitrogens with two attached hydrogens (primary N) is 1. The lowest BCUT2D eigenvalue weighted by Crippen LogP contribution is -2.49. The first-order valence-electron chi connectivity index (χ1n) is 6.90. The van der Waals surface area contributed by atoms with Crippen LogP contribution in [0.25, 0.3) is 0 Å². The highest BCUT2D eigenvalue weighted by molar-refractivity contribution is 5.81. The van der Waals surface area contributed by atoms with Crippen LogP contribution in [-0.2, 0) is 14.3 Å². The summed E-state index contributed by atoms with van der Waals surface area (Å²) in [6.07, 6.45) is 3.53. The third-order valence-corrected chi connectivity index (χ3v) is 4.41. The summed E-state index contributed by atoms with van der Waals surface area (Å²) in [4.78, 5) is 23.5. The number of aliphatic carboxylic acids is 1. The quantitative estimate of drug-likeness (QED) is 0.673. The van der Waals surface area contributed by atoms with E-state index in [-0.39, 0.29) is 24.4 Å². The topological polar surface area (TPSA) is 102 Å². The lowest BCUT2D eigenvalue weighted by molar-refractivity contribution is -0.154. The van der Waals surface area contributed by atoms with Gasteiger partial charge < -0.3 is 20.9 Å². The standard InChI is InChI=1S/C13H22N2O4/c14-10-3-1-2-9(10)11(16)15-8-13(12(17)18)4-6-19-7-5-13/h9-10H,1-8,14H2,(H,15,16)(H,17,18). The molecule has 2 unspecified atom stereocenters. The number of rotatable bonds is 4. The van der Waals surface area contributed by atoms with E-state index in [1.165, 1.54) is 0 Å². The summed E-state index contributed by atoms with van der Waals surface area (Å²) in [5.74, 6) is -1.12. The molecule has 6 heteroatoms. The van der Waals surface area contributed by atoms with Crippen molar-refractivity contribution in [3.8, 4) is 0 Å². The number of carboxylic acid groups (broad SMARTS) is 1. The highest BCUT2D eigenvalue weighted by atomic mass is 16.5. The second-order valence-corrected chi connectivity index (χ2v) is 5.62. The van der Waals surface area contributed by atoms with Gasteiger partial charge in [-0.05, 0) is 25.7 Å². The monoisotopic (exact) mass is 270 g/mol. The van der Waals surface area contributed by atoms with Crippen molar-refractivity contribution < 1.29 is 19.4 Å². The van der Waals surface area contributed by atoms with Gasteiger partial charge in [0.1, 0.15) is 0 Å². The molecule has 0 aromatic carbocycles. The fourth-order valence-corrected chi connectivity index (χ4v) is 2.93. The zero-order chi connectivity index (χ0) is 13.9. The lowest BCUT2D eigenvalue weighted by Gasteiger charge is -2.33. The lowest BCUT2D eigenvalue weighted by atomic mass is 9.80. The predicted octanol–water partition coefficient (Wildman–Crippen LogP) is 0.111. The van der Waals surface area contributed by atoms with Crippen molar-refractivity contribution in [2.24, 2.45) is 17.1 Å². The Labute approximate surface area is 112 Å². The molecule has 1 aliphatic carbocycles. The Morgan fingerprint density at radius 1 is 1.32 bits per heavy atom. The van der Waals surface area contributed by atoms with E-state index in [0.717, 1.165) is 19.3 Å². The smallest absolute Gasteiger partial charge is 0.311 e. The van der Waals surface area contributed by atoms with Gasteiger partial charge >= 0.3 is 5.97 Å². The molecule has 108 valence electrons. The van der Waals surface area contributed by atoms with Crippen LogP contribution < -0.4 is 11.1 Å². The maximum absolute atomic E-state index is 12.0. The van der Waals surface area contributed by atoms with Gasteiger partial charge in [-0.2, -0.15) is 0 Å². The fourth-order valence-electron chi connectivity index (χ4n) is 2.93. The van der Waals surface area contributed by atoms with Crippen molar-refractivity contribution in [1.82, 2.24) is 5.32 Å². The molecule has 1 aliphatic heterocycles. The molecule has 2 rings (SSSR count). The molecule has 1 saturated heterocycles. The number of carboxylic acids is 1. The molecule has 6 nitrogen and oxygen atoms in total. The Kier molecular flexibility index (Phi) is 4.42. The van der Waals surface area contributed by atoms with Gasteiger partial charge in [0.05, 0.1) is 11.3 Å². The third kappa shape index (κ3) is 3.06. The molecular weight excluding hydrogens is 248 g/mol. The SMILES string of the molecule is NC1CCCC1C(=O)NCC1(C(=O)O)CCOCC1. The highest BCUT2D eigenvalue weighted by Gasteiger charge is 2.41. The summed E-state index contributed by atoms with van der Waals surface area (Å²) in [5, 5.41) is 12.2. The van der Waals surface area contributed by atoms with Gasteiger partial charge in [0, 0.05) is 25.8 Å². The Morgan fingerprint density at radius 2 is 2.00 bits per heavy atom. The Hall–Kier alpha value is -1.14. The van der Waals surface area contributed by atoms with Gasteiger partial charge in [0.2, 0.25) is 5.91 Å². The van der Waals surface area contributed by atoms with Crippen molar-refractivity contribution >= 4 is 11.9 Å². The number of carbonyl (C=O) groups excluding carboxylic acids is 1. The summed E-state index contributed by atoms with van der Waals surface area (Å²) >= 11 is 0. The van der Waals surface area contributed by atoms with Crippen LogP contribution in [0.3, 0.4) is 0 Å². The first kappa shape index (κ1) is 14.3. The average Bonchev–Trinajstić information content (AvgIpc) is 2.83. The van der Waals surface area contributed by atoms with E-state index in [1.807, 2.05) is 0 Å². The van der Waals surface area contributed by atoms with Gasteiger partial charge in [0.15, 0.2) is 0 Å². The number of hydrogen-bond donors (Lipinski definition) is 3. The van der Waals surface area contributed by atoms with Gasteiger partial charge in [-0.1, -0.05) is 6.42 Å². The second-order valence-electron chi connectivity index (χ2n) is 5.62. The minimum atomic E-state index is -0.878. The first-order valence-corrected chi connectivity index (χ1v) is 6.90. The zero-order valence-electron chi connectivity index (χ0n) is 11.1. The van der Waals surface area contributed by atoms with Crippen molar-refractivity contribution in [3.05, 3.63) is 0 Å². The normalized spacial score (nSPS) is 29.9. The van der Waals surface area contributed by atoms with E-state index < -0.39 is 11.4 Å². The zero-order valence-corrected chi connectivity index (χ0v) is 11.1. The van der Waals surface area contributed by atoms with E-state index in [9.17, 15) is 14.7 Å². The van der Waals surface area contributed by atoms with Crippen LogP contribution in [0.15, 0.2) is 0 Å². The predicted molar refractivity (Wildman–Crippen MR) is 68.4 cm³/mol. The van der Waals surface area contributed by atoms with Crippen LogP contribution in [-0.4, -0.2) is 42.8 Å². The molecule has 2 fully saturated rings. The van der Waals surface area contributed by atoms with Crippen LogP contribution in [0.1, 0.15) is 32.1 Å². The summed E-state index contributed by atoms with van der Waals surface area (Å²) in [7, 11) is 0. The van der Waals surface area contributed by atoms with E-state index in [2.05, 4.69) is 5.32 Å². The van der Waals surface area contributed by atoms with Crippen LogP contribution in [0.2, 0.25) is 0 Å². The van der Waals surface area contributed by atoms with Crippen molar-refractivity contribution in [2.75, 3.05) is 19.8 Å². The molecule has 0 aromatic heterocycles. The number of amides is 1. The summed E-state index contributed by atoms with van der Waals surface area (Å²) in [5.41, 5.74) is 5.01. The molecule has 4 N–H and O–H groups in total. The van der Waals surface area contributed by atoms with Crippen LogP contribution in [0, 0.1) is 11.3 Å². The molecule has 0 bridgehead atoms. The average molecular weight is 270 g/mol. The minimum Gasteiger partial charge on any atom is -0.481 e. The summed E-state index contributed by atoms with van der Waals surface area (Å²) in [6, 6.07) is -0.0875. The number of hydrogen-bond acceptors (Lipinski definition) is 4. The van der Waals surface area contributed by atoms with Crippen molar-refractivity contribution in [2.45, 2.75) is 38.1 Å². The Balaban J connectivity index is 1.91. The van der Waals surface area contributed by atoms with Crippen LogP contribution >= 0.6 is 0 Å². The van der Waals surface area contributed by atoms with Gasteiger partial charge in [-0.25, -0.2) is 0 Å². The van der Waals surface area contributed by atoms with Gasteiger partial charge in [-0.15, -0.1) is 0 Å². The summed E-state index contributed by atoms with van der Waals surface area (Å²) in [6.45, 7) is 1.05. The van der Waals surface area contributed by atoms with Gasteiger partial charge in [0.25, 0.3) is 0 Å². The minimum absolute atomic E-state index is 0.0875. The number of nitrogens with one attached hydrogen (secondary N) is 1. The fraction of sp³-hybridized carbons (Fsp3) is 0.846. The van der Waals surface area contributed by atoms with Gasteiger partial charge in [-0.3, -0.25) is 9.59 Å². The Bertz CT molecular complexity index is 353. The van der Waals surface area contributed by atoms with E-state index in [0.29, 0.717) is 26.1 Å². The largest absolute Gasteiger partial charge is 0.481 e.